The number of nitrogens with zero attached hydrogens (tertiary/aromatic N) is 1. The van der Waals surface area contributed by atoms with Crippen LogP contribution in [0.25, 0.3) is 0 Å². The molecule has 0 saturated carbocycles. The number of para-hydroxylation sites is 1. The van der Waals surface area contributed by atoms with Crippen molar-refractivity contribution in [3.63, 3.8) is 0 Å². The minimum Gasteiger partial charge on any atom is -0.478 e. The van der Waals surface area contributed by atoms with Gasteiger partial charge in [0, 0.05) is 34.2 Å². The number of aliphatic carboxylic acids is 1. The molecule has 0 saturated heterocycles. The number of dihydropyridines is 1. The van der Waals surface area contributed by atoms with Crippen molar-refractivity contribution < 1.29 is 14.7 Å². The summed E-state index contributed by atoms with van der Waals surface area (Å²) < 4.78 is 0. The fourth-order valence-corrected chi connectivity index (χ4v) is 4.20. The van der Waals surface area contributed by atoms with Gasteiger partial charge in [0.15, 0.2) is 0 Å². The van der Waals surface area contributed by atoms with Crippen molar-refractivity contribution in [1.29, 1.82) is 0 Å². The second-order valence-corrected chi connectivity index (χ2v) is 8.08. The van der Waals surface area contributed by atoms with E-state index in [2.05, 4.69) is 12.2 Å². The lowest BCUT2D eigenvalue weighted by molar-refractivity contribution is -0.133. The van der Waals surface area contributed by atoms with Gasteiger partial charge < -0.3 is 15.3 Å². The predicted octanol–water partition coefficient (Wildman–Crippen LogP) is 5.49. The zero-order chi connectivity index (χ0) is 22.5. The van der Waals surface area contributed by atoms with Crippen molar-refractivity contribution >= 4 is 29.2 Å². The van der Waals surface area contributed by atoms with E-state index in [-0.39, 0.29) is 11.5 Å². The molecule has 1 aliphatic heterocycles. The summed E-state index contributed by atoms with van der Waals surface area (Å²) in [5.74, 6) is -1.99. The van der Waals surface area contributed by atoms with Crippen LogP contribution in [0.3, 0.4) is 0 Å². The van der Waals surface area contributed by atoms with Crippen LogP contribution in [0, 0.1) is 0 Å². The Bertz CT molecular complexity index is 1040. The van der Waals surface area contributed by atoms with Crippen LogP contribution in [0.1, 0.15) is 45.1 Å². The Hall–Kier alpha value is -3.05. The Balaban J connectivity index is 2.15. The summed E-state index contributed by atoms with van der Waals surface area (Å²) in [4.78, 5) is 27.9. The highest BCUT2D eigenvalue weighted by atomic mass is 35.5. The number of halogens is 1. The summed E-state index contributed by atoms with van der Waals surface area (Å²) in [6, 6.07) is 16.5. The maximum Gasteiger partial charge on any atom is 0.334 e. The number of amides is 1. The number of carbonyl (C=O) groups is 2. The summed E-state index contributed by atoms with van der Waals surface area (Å²) in [6.45, 7) is 6.15. The SMILES string of the molecule is CCCCN(C(=O)C1=C(C)NC(C)=C(C(=O)O)C1c1cccc(Cl)c1)c1ccccc1. The van der Waals surface area contributed by atoms with E-state index in [0.29, 0.717) is 34.1 Å². The fourth-order valence-electron chi connectivity index (χ4n) is 4.00. The highest BCUT2D eigenvalue weighted by Crippen LogP contribution is 2.40. The average molecular weight is 439 g/mol. The first kappa shape index (κ1) is 22.6. The third-order valence-electron chi connectivity index (χ3n) is 5.45. The molecule has 1 aliphatic rings. The van der Waals surface area contributed by atoms with Crippen LogP contribution in [-0.4, -0.2) is 23.5 Å². The van der Waals surface area contributed by atoms with Crippen molar-refractivity contribution in [3.05, 3.63) is 87.7 Å². The van der Waals surface area contributed by atoms with Crippen LogP contribution in [0.4, 0.5) is 5.69 Å². The summed E-state index contributed by atoms with van der Waals surface area (Å²) in [7, 11) is 0. The van der Waals surface area contributed by atoms with Gasteiger partial charge in [-0.05, 0) is 50.1 Å². The van der Waals surface area contributed by atoms with Gasteiger partial charge in [-0.1, -0.05) is 55.3 Å². The van der Waals surface area contributed by atoms with Gasteiger partial charge in [0.25, 0.3) is 5.91 Å². The lowest BCUT2D eigenvalue weighted by atomic mass is 9.79. The Kier molecular flexibility index (Phi) is 7.18. The topological polar surface area (TPSA) is 69.6 Å². The highest BCUT2D eigenvalue weighted by Gasteiger charge is 2.38. The quantitative estimate of drug-likeness (QED) is 0.599. The van der Waals surface area contributed by atoms with Gasteiger partial charge in [-0.3, -0.25) is 4.79 Å². The van der Waals surface area contributed by atoms with Gasteiger partial charge in [0.2, 0.25) is 0 Å². The molecule has 2 N–H and O–H groups in total. The second kappa shape index (κ2) is 9.84. The Labute approximate surface area is 188 Å². The van der Waals surface area contributed by atoms with Gasteiger partial charge in [-0.25, -0.2) is 4.79 Å². The van der Waals surface area contributed by atoms with Crippen LogP contribution in [-0.2, 0) is 9.59 Å². The minimum atomic E-state index is -1.06. The van der Waals surface area contributed by atoms with Crippen LogP contribution >= 0.6 is 11.6 Å². The zero-order valence-electron chi connectivity index (χ0n) is 18.0. The Morgan fingerprint density at radius 1 is 1.03 bits per heavy atom. The minimum absolute atomic E-state index is 0.153. The van der Waals surface area contributed by atoms with Crippen molar-refractivity contribution in [1.82, 2.24) is 5.32 Å². The van der Waals surface area contributed by atoms with Gasteiger partial charge in [0.1, 0.15) is 0 Å². The van der Waals surface area contributed by atoms with Crippen LogP contribution < -0.4 is 10.2 Å². The van der Waals surface area contributed by atoms with E-state index >= 15 is 0 Å². The van der Waals surface area contributed by atoms with E-state index in [4.69, 9.17) is 11.6 Å². The van der Waals surface area contributed by atoms with E-state index in [1.165, 1.54) is 0 Å². The molecule has 2 aromatic carbocycles. The summed E-state index contributed by atoms with van der Waals surface area (Å²) in [5, 5.41) is 13.6. The normalized spacial score (nSPS) is 16.2. The number of hydrogen-bond acceptors (Lipinski definition) is 3. The number of carboxylic acid groups (broad SMARTS) is 1. The molecule has 5 nitrogen and oxygen atoms in total. The largest absolute Gasteiger partial charge is 0.478 e. The number of rotatable bonds is 7. The number of benzene rings is 2. The van der Waals surface area contributed by atoms with Gasteiger partial charge >= 0.3 is 5.97 Å². The molecule has 1 atom stereocenters. The number of nitrogens with one attached hydrogen (secondary N) is 1. The molecule has 3 rings (SSSR count). The molecular formula is C25H27ClN2O3. The summed E-state index contributed by atoms with van der Waals surface area (Å²) in [5.41, 5.74) is 3.21. The maximum atomic E-state index is 13.9. The fraction of sp³-hybridized carbons (Fsp3) is 0.280. The van der Waals surface area contributed by atoms with E-state index in [0.717, 1.165) is 18.5 Å². The first-order chi connectivity index (χ1) is 14.8. The number of unbranched alkanes of at least 4 members (excludes halogenated alkanes) is 1. The first-order valence-corrected chi connectivity index (χ1v) is 10.8. The standard InChI is InChI=1S/C25H27ClN2O3/c1-4-5-14-28(20-12-7-6-8-13-20)24(29)21-16(2)27-17(3)22(25(30)31)23(21)18-10-9-11-19(26)15-18/h6-13,15,23,27H,4-5,14H2,1-3H3,(H,30,31). The lowest BCUT2D eigenvalue weighted by Crippen LogP contribution is -2.39. The molecule has 0 fully saturated rings. The van der Waals surface area contributed by atoms with Crippen molar-refractivity contribution in [2.45, 2.75) is 39.5 Å². The number of allylic oxidation sites excluding steroid dienone is 2. The maximum absolute atomic E-state index is 13.9. The van der Waals surface area contributed by atoms with Crippen LogP contribution in [0.15, 0.2) is 77.1 Å². The summed E-state index contributed by atoms with van der Waals surface area (Å²) >= 11 is 6.23. The molecular weight excluding hydrogens is 412 g/mol. The van der Waals surface area contributed by atoms with Gasteiger partial charge in [0.05, 0.1) is 11.5 Å². The first-order valence-electron chi connectivity index (χ1n) is 10.4. The van der Waals surface area contributed by atoms with Crippen molar-refractivity contribution in [3.8, 4) is 0 Å². The Morgan fingerprint density at radius 3 is 2.32 bits per heavy atom. The molecule has 1 amide bonds. The average Bonchev–Trinajstić information content (AvgIpc) is 2.73. The molecule has 0 aromatic heterocycles. The molecule has 162 valence electrons. The lowest BCUT2D eigenvalue weighted by Gasteiger charge is -2.33. The van der Waals surface area contributed by atoms with Gasteiger partial charge in [-0.15, -0.1) is 0 Å². The third kappa shape index (κ3) is 4.83. The Morgan fingerprint density at radius 2 is 1.71 bits per heavy atom. The van der Waals surface area contributed by atoms with Gasteiger partial charge in [-0.2, -0.15) is 0 Å². The number of hydrogen-bond donors (Lipinski definition) is 2. The van der Waals surface area contributed by atoms with E-state index in [1.807, 2.05) is 43.3 Å². The van der Waals surface area contributed by atoms with E-state index in [1.54, 1.807) is 30.0 Å². The number of anilines is 1. The smallest absolute Gasteiger partial charge is 0.334 e. The van der Waals surface area contributed by atoms with E-state index < -0.39 is 11.9 Å². The third-order valence-corrected chi connectivity index (χ3v) is 5.69. The molecule has 6 heteroatoms. The molecule has 1 heterocycles. The van der Waals surface area contributed by atoms with E-state index in [9.17, 15) is 14.7 Å². The van der Waals surface area contributed by atoms with Crippen molar-refractivity contribution in [2.75, 3.05) is 11.4 Å². The molecule has 2 aromatic rings. The monoisotopic (exact) mass is 438 g/mol. The molecule has 31 heavy (non-hydrogen) atoms. The second-order valence-electron chi connectivity index (χ2n) is 7.64. The number of carbonyl (C=O) groups excluding carboxylic acids is 1. The molecule has 1 unspecified atom stereocenters. The molecule has 0 aliphatic carbocycles. The molecule has 0 spiro atoms. The summed E-state index contributed by atoms with van der Waals surface area (Å²) in [6.07, 6.45) is 1.77. The predicted molar refractivity (Wildman–Crippen MR) is 124 cm³/mol. The highest BCUT2D eigenvalue weighted by molar-refractivity contribution is 6.30. The van der Waals surface area contributed by atoms with Crippen molar-refractivity contribution in [2.24, 2.45) is 0 Å². The van der Waals surface area contributed by atoms with Crippen LogP contribution in [0.5, 0.6) is 0 Å². The zero-order valence-corrected chi connectivity index (χ0v) is 18.7. The molecule has 0 bridgehead atoms. The van der Waals surface area contributed by atoms with Crippen LogP contribution in [0.2, 0.25) is 5.02 Å². The molecule has 0 radical (unpaired) electrons. The number of carboxylic acids is 1.